The lowest BCUT2D eigenvalue weighted by Crippen LogP contribution is -2.61. The summed E-state index contributed by atoms with van der Waals surface area (Å²) in [7, 11) is 1.66. The number of hydrazine groups is 1. The van der Waals surface area contributed by atoms with Gasteiger partial charge in [0.1, 0.15) is 17.8 Å². The van der Waals surface area contributed by atoms with Gasteiger partial charge >= 0.3 is 5.97 Å². The average Bonchev–Trinajstić information content (AvgIpc) is 3.82. The van der Waals surface area contributed by atoms with Crippen LogP contribution in [-0.4, -0.2) is 76.2 Å². The smallest absolute Gasteiger partial charge is 0.324 e. The first-order valence-corrected chi connectivity index (χ1v) is 20.1. The van der Waals surface area contributed by atoms with Crippen LogP contribution in [0, 0.1) is 17.3 Å². The number of fused-ring (bicyclic) bond motifs is 6. The van der Waals surface area contributed by atoms with E-state index in [-0.39, 0.29) is 37.8 Å². The molecule has 5 atom stereocenters. The van der Waals surface area contributed by atoms with Crippen molar-refractivity contribution in [1.29, 1.82) is 0 Å². The topological polar surface area (TPSA) is 135 Å². The third-order valence-corrected chi connectivity index (χ3v) is 11.9. The van der Waals surface area contributed by atoms with E-state index in [1.165, 1.54) is 5.01 Å². The summed E-state index contributed by atoms with van der Waals surface area (Å²) >= 11 is 0. The molecule has 1 saturated carbocycles. The fraction of sp³-hybridized carbons (Fsp3) is 0.500. The zero-order valence-corrected chi connectivity index (χ0v) is 33.3. The molecule has 1 saturated heterocycles. The zero-order valence-electron chi connectivity index (χ0n) is 33.3. The molecule has 2 aliphatic heterocycles. The molecule has 1 aliphatic carbocycles. The Morgan fingerprint density at radius 1 is 1.11 bits per heavy atom. The number of hydrogen-bond donors (Lipinski definition) is 3. The molecule has 4 heterocycles. The highest BCUT2D eigenvalue weighted by Gasteiger charge is 2.41. The number of amides is 2. The van der Waals surface area contributed by atoms with Gasteiger partial charge in [0.25, 0.3) is 5.91 Å². The molecule has 0 radical (unpaired) electrons. The number of carbonyl (C=O) groups is 3. The van der Waals surface area contributed by atoms with Crippen molar-refractivity contribution >= 4 is 28.7 Å². The van der Waals surface area contributed by atoms with Gasteiger partial charge in [-0.25, -0.2) is 14.2 Å². The van der Waals surface area contributed by atoms with Crippen molar-refractivity contribution in [3.05, 3.63) is 71.5 Å². The molecule has 7 rings (SSSR count). The molecule has 11 nitrogen and oxygen atoms in total. The van der Waals surface area contributed by atoms with Gasteiger partial charge in [-0.2, -0.15) is 0 Å². The van der Waals surface area contributed by atoms with Crippen molar-refractivity contribution in [1.82, 2.24) is 25.3 Å². The molecule has 57 heavy (non-hydrogen) atoms. The summed E-state index contributed by atoms with van der Waals surface area (Å²) in [6.07, 6.45) is 1.34. The summed E-state index contributed by atoms with van der Waals surface area (Å²) in [6.45, 7) is 9.23. The normalized spacial score (nSPS) is 23.3. The third-order valence-electron chi connectivity index (χ3n) is 11.9. The number of esters is 1. The van der Waals surface area contributed by atoms with Gasteiger partial charge in [0.2, 0.25) is 12.3 Å². The minimum absolute atomic E-state index is 0.0230. The Hall–Kier alpha value is -4.88. The second-order valence-electron chi connectivity index (χ2n) is 16.6. The number of phenols is 1. The maximum atomic E-state index is 14.3. The van der Waals surface area contributed by atoms with Crippen molar-refractivity contribution in [2.75, 3.05) is 20.3 Å². The monoisotopic (exact) mass is 785 g/mol. The van der Waals surface area contributed by atoms with Crippen LogP contribution in [0.5, 0.6) is 5.75 Å². The summed E-state index contributed by atoms with van der Waals surface area (Å²) in [5.74, 6) is -3.63. The lowest BCUT2D eigenvalue weighted by Gasteiger charge is -2.36. The molecule has 3 aliphatic rings. The molecular weight excluding hydrogens is 733 g/mol. The molecule has 3 N–H and O–H groups in total. The van der Waals surface area contributed by atoms with Crippen LogP contribution < -0.4 is 10.7 Å². The van der Waals surface area contributed by atoms with Crippen LogP contribution in [0.25, 0.3) is 33.3 Å². The quantitative estimate of drug-likeness (QED) is 0.169. The van der Waals surface area contributed by atoms with Gasteiger partial charge in [0.05, 0.1) is 24.1 Å². The summed E-state index contributed by atoms with van der Waals surface area (Å²) < 4.78 is 41.9. The predicted molar refractivity (Wildman–Crippen MR) is 212 cm³/mol. The molecule has 2 unspecified atom stereocenters. The Labute approximate surface area is 332 Å². The van der Waals surface area contributed by atoms with Gasteiger partial charge in [0, 0.05) is 66.5 Å². The second kappa shape index (κ2) is 16.5. The fourth-order valence-electron chi connectivity index (χ4n) is 8.96. The van der Waals surface area contributed by atoms with E-state index in [4.69, 9.17) is 14.5 Å². The molecule has 6 bridgehead atoms. The van der Waals surface area contributed by atoms with Crippen molar-refractivity contribution in [2.45, 2.75) is 104 Å². The number of ether oxygens (including phenoxy) is 2. The number of rotatable bonds is 7. The highest BCUT2D eigenvalue weighted by Crippen LogP contribution is 2.42. The number of aryl methyl sites for hydroxylation is 1. The average molecular weight is 786 g/mol. The van der Waals surface area contributed by atoms with E-state index in [9.17, 15) is 28.3 Å². The van der Waals surface area contributed by atoms with Gasteiger partial charge in [-0.3, -0.25) is 24.4 Å². The number of cyclic esters (lactones) is 1. The standard InChI is InChI=1S/C44H53F2N5O6/c1-6-50-37-15-14-27-22-33(37)34(39(50)32-12-8-16-47-38(32)25(2)56-5)23-44(3,4)24-57-43(55)35-13-9-17-51(49-35)42(54)36(20-26-18-28(27)21-29(52)19-26)48-41(53)31-11-7-10-30(31)40(45)46/h8,12,14-16,18-19,21-22,25,30-31,35-36,40,49,52H,6-7,9-11,13,17,20,23-24H2,1-5H3,(H,48,53)/t25-,30?,31?,35-,36-/m0/s1. The summed E-state index contributed by atoms with van der Waals surface area (Å²) in [5, 5.41) is 16.3. The highest BCUT2D eigenvalue weighted by molar-refractivity contribution is 5.95. The van der Waals surface area contributed by atoms with Crippen LogP contribution in [0.1, 0.15) is 82.7 Å². The van der Waals surface area contributed by atoms with Crippen LogP contribution in [0.4, 0.5) is 8.78 Å². The molecule has 2 aromatic carbocycles. The van der Waals surface area contributed by atoms with Crippen molar-refractivity contribution in [2.24, 2.45) is 17.3 Å². The Morgan fingerprint density at radius 3 is 2.67 bits per heavy atom. The van der Waals surface area contributed by atoms with Crippen LogP contribution in [0.3, 0.4) is 0 Å². The molecule has 304 valence electrons. The first-order chi connectivity index (χ1) is 27.3. The molecule has 13 heteroatoms. The van der Waals surface area contributed by atoms with Gasteiger partial charge < -0.3 is 24.5 Å². The van der Waals surface area contributed by atoms with Crippen molar-refractivity contribution < 1.29 is 37.7 Å². The SMILES string of the molecule is CCn1c(-c2cccnc2[C@H](C)OC)c2c3cc(ccc31)-c1cc(O)cc(c1)C[C@H](NC(=O)C1CCCC1C(F)F)C(=O)N1CCC[C@H](N1)C(=O)OCC(C)(C)C2. The number of phenolic OH excluding ortho intramolecular Hbond substituents is 1. The number of carbonyl (C=O) groups excluding carboxylic acids is 3. The number of pyridine rings is 1. The number of alkyl halides is 2. The molecule has 2 fully saturated rings. The lowest BCUT2D eigenvalue weighted by atomic mass is 9.84. The minimum Gasteiger partial charge on any atom is -0.508 e. The van der Waals surface area contributed by atoms with Crippen LogP contribution >= 0.6 is 0 Å². The van der Waals surface area contributed by atoms with E-state index < -0.39 is 53.5 Å². The van der Waals surface area contributed by atoms with E-state index >= 15 is 0 Å². The molecular formula is C44H53F2N5O6. The van der Waals surface area contributed by atoms with E-state index in [1.54, 1.807) is 25.4 Å². The predicted octanol–water partition coefficient (Wildman–Crippen LogP) is 7.13. The van der Waals surface area contributed by atoms with E-state index in [0.29, 0.717) is 49.8 Å². The first kappa shape index (κ1) is 40.3. The number of nitrogens with one attached hydrogen (secondary N) is 2. The Bertz CT molecular complexity index is 2150. The summed E-state index contributed by atoms with van der Waals surface area (Å²) in [6, 6.07) is 13.3. The second-order valence-corrected chi connectivity index (χ2v) is 16.6. The lowest BCUT2D eigenvalue weighted by molar-refractivity contribution is -0.155. The van der Waals surface area contributed by atoms with Gasteiger partial charge in [-0.15, -0.1) is 0 Å². The van der Waals surface area contributed by atoms with E-state index in [1.807, 2.05) is 25.1 Å². The van der Waals surface area contributed by atoms with Gasteiger partial charge in [-0.1, -0.05) is 32.4 Å². The van der Waals surface area contributed by atoms with E-state index in [2.05, 4.69) is 54.3 Å². The highest BCUT2D eigenvalue weighted by atomic mass is 19.3. The molecule has 2 amide bonds. The maximum absolute atomic E-state index is 14.3. The number of hydrogen-bond acceptors (Lipinski definition) is 8. The van der Waals surface area contributed by atoms with Crippen molar-refractivity contribution in [3.8, 4) is 28.1 Å². The molecule has 2 aromatic heterocycles. The van der Waals surface area contributed by atoms with Crippen LogP contribution in [0.2, 0.25) is 0 Å². The first-order valence-electron chi connectivity index (χ1n) is 20.1. The number of halogens is 2. The number of nitrogens with zero attached hydrogens (tertiary/aromatic N) is 3. The maximum Gasteiger partial charge on any atom is 0.324 e. The van der Waals surface area contributed by atoms with Gasteiger partial charge in [-0.05, 0) is 105 Å². The minimum atomic E-state index is -2.65. The molecule has 0 spiro atoms. The third kappa shape index (κ3) is 8.27. The number of aromatic hydroxyl groups is 1. The summed E-state index contributed by atoms with van der Waals surface area (Å²) in [4.78, 5) is 46.4. The largest absolute Gasteiger partial charge is 0.508 e. The van der Waals surface area contributed by atoms with E-state index in [0.717, 1.165) is 39.0 Å². The van der Waals surface area contributed by atoms with Crippen LogP contribution in [-0.2, 0) is 43.2 Å². The number of aromatic nitrogens is 2. The summed E-state index contributed by atoms with van der Waals surface area (Å²) in [5.41, 5.74) is 9.41. The van der Waals surface area contributed by atoms with Crippen LogP contribution in [0.15, 0.2) is 54.7 Å². The van der Waals surface area contributed by atoms with Crippen molar-refractivity contribution in [3.63, 3.8) is 0 Å². The number of methoxy groups -OCH3 is 1. The zero-order chi connectivity index (χ0) is 40.6. The Balaban J connectivity index is 1.37. The Kier molecular flexibility index (Phi) is 11.7. The molecule has 4 aromatic rings. The Morgan fingerprint density at radius 2 is 1.91 bits per heavy atom. The fourth-order valence-corrected chi connectivity index (χ4v) is 8.96. The number of benzene rings is 2. The van der Waals surface area contributed by atoms with Gasteiger partial charge in [0.15, 0.2) is 0 Å².